The molecule has 0 saturated heterocycles. The van der Waals surface area contributed by atoms with Crippen molar-refractivity contribution in [3.05, 3.63) is 77.1 Å². The Kier molecular flexibility index (Phi) is 5.82. The molecule has 0 amide bonds. The Balaban J connectivity index is 1.72. The van der Waals surface area contributed by atoms with Gasteiger partial charge in [-0.3, -0.25) is 0 Å². The van der Waals surface area contributed by atoms with Gasteiger partial charge in [0, 0.05) is 0 Å². The first kappa shape index (κ1) is 18.3. The molecule has 0 heterocycles. The Hall–Kier alpha value is -2.49. The fourth-order valence-corrected chi connectivity index (χ4v) is 2.96. The molecule has 3 aromatic rings. The lowest BCUT2D eigenvalue weighted by molar-refractivity contribution is 0.293. The van der Waals surface area contributed by atoms with Crippen molar-refractivity contribution in [3.63, 3.8) is 0 Å². The van der Waals surface area contributed by atoms with Gasteiger partial charge >= 0.3 is 0 Å². The van der Waals surface area contributed by atoms with Gasteiger partial charge in [-0.2, -0.15) is 0 Å². The normalized spacial score (nSPS) is 11.1. The predicted molar refractivity (Wildman–Crippen MR) is 97.8 cm³/mol. The number of rotatable bonds is 7. The number of fused-ring (bicyclic) bond motifs is 1. The summed E-state index contributed by atoms with van der Waals surface area (Å²) in [5, 5.41) is 1.54. The van der Waals surface area contributed by atoms with E-state index in [0.717, 1.165) is 30.0 Å². The Morgan fingerprint density at radius 1 is 0.808 bits per heavy atom. The van der Waals surface area contributed by atoms with Gasteiger partial charge in [-0.05, 0) is 65.6 Å². The van der Waals surface area contributed by atoms with Crippen LogP contribution in [0.3, 0.4) is 0 Å². The predicted octanol–water partition coefficient (Wildman–Crippen LogP) is 6.57. The second-order valence-electron chi connectivity index (χ2n) is 6.44. The molecular formula is C22H21F3O. The van der Waals surface area contributed by atoms with E-state index >= 15 is 0 Å². The van der Waals surface area contributed by atoms with Crippen molar-refractivity contribution in [2.45, 2.75) is 39.2 Å². The van der Waals surface area contributed by atoms with Gasteiger partial charge in [-0.1, -0.05) is 31.9 Å². The summed E-state index contributed by atoms with van der Waals surface area (Å²) in [5.74, 6) is -0.997. The SMILES string of the molecule is CCCCCc1cc(F)c(COc2ccc3cc(F)ccc3c2)c(F)c1. The summed E-state index contributed by atoms with van der Waals surface area (Å²) in [7, 11) is 0. The van der Waals surface area contributed by atoms with Crippen LogP contribution in [0.25, 0.3) is 10.8 Å². The van der Waals surface area contributed by atoms with Crippen LogP contribution in [-0.4, -0.2) is 0 Å². The fraction of sp³-hybridized carbons (Fsp3) is 0.273. The molecular weight excluding hydrogens is 337 g/mol. The lowest BCUT2D eigenvalue weighted by Crippen LogP contribution is -2.04. The molecule has 136 valence electrons. The zero-order valence-electron chi connectivity index (χ0n) is 14.7. The first-order valence-electron chi connectivity index (χ1n) is 8.85. The Morgan fingerprint density at radius 3 is 2.23 bits per heavy atom. The van der Waals surface area contributed by atoms with Gasteiger partial charge in [-0.25, -0.2) is 13.2 Å². The van der Waals surface area contributed by atoms with E-state index in [1.165, 1.54) is 24.3 Å². The highest BCUT2D eigenvalue weighted by atomic mass is 19.1. The molecule has 0 bridgehead atoms. The molecule has 4 heteroatoms. The summed E-state index contributed by atoms with van der Waals surface area (Å²) < 4.78 is 47.3. The summed E-state index contributed by atoms with van der Waals surface area (Å²) in [4.78, 5) is 0. The maximum Gasteiger partial charge on any atom is 0.133 e. The van der Waals surface area contributed by atoms with E-state index in [0.29, 0.717) is 17.7 Å². The van der Waals surface area contributed by atoms with E-state index in [-0.39, 0.29) is 18.0 Å². The topological polar surface area (TPSA) is 9.23 Å². The lowest BCUT2D eigenvalue weighted by atomic mass is 10.0. The molecule has 0 radical (unpaired) electrons. The quantitative estimate of drug-likeness (QED) is 0.434. The first-order chi connectivity index (χ1) is 12.6. The van der Waals surface area contributed by atoms with E-state index in [1.807, 2.05) is 0 Å². The molecule has 1 nitrogen and oxygen atoms in total. The standard InChI is InChI=1S/C22H21F3O/c1-2-3-4-5-15-10-21(24)20(22(25)11-15)14-26-19-9-7-16-12-18(23)8-6-17(16)13-19/h6-13H,2-5,14H2,1H3. The van der Waals surface area contributed by atoms with E-state index in [1.54, 1.807) is 24.3 Å². The molecule has 0 aromatic heterocycles. The van der Waals surface area contributed by atoms with Crippen LogP contribution in [0.5, 0.6) is 5.75 Å². The average Bonchev–Trinajstić information content (AvgIpc) is 2.61. The van der Waals surface area contributed by atoms with Crippen molar-refractivity contribution in [1.29, 1.82) is 0 Å². The molecule has 0 N–H and O–H groups in total. The van der Waals surface area contributed by atoms with Crippen molar-refractivity contribution < 1.29 is 17.9 Å². The zero-order valence-corrected chi connectivity index (χ0v) is 14.7. The number of hydrogen-bond donors (Lipinski definition) is 0. The summed E-state index contributed by atoms with van der Waals surface area (Å²) in [5.41, 5.74) is 0.591. The molecule has 0 unspecified atom stereocenters. The molecule has 26 heavy (non-hydrogen) atoms. The van der Waals surface area contributed by atoms with Crippen LogP contribution in [-0.2, 0) is 13.0 Å². The smallest absolute Gasteiger partial charge is 0.133 e. The van der Waals surface area contributed by atoms with Gasteiger partial charge in [0.1, 0.15) is 29.8 Å². The van der Waals surface area contributed by atoms with Gasteiger partial charge in [0.15, 0.2) is 0 Å². The Morgan fingerprint density at radius 2 is 1.50 bits per heavy atom. The van der Waals surface area contributed by atoms with Crippen LogP contribution in [0.15, 0.2) is 48.5 Å². The largest absolute Gasteiger partial charge is 0.489 e. The van der Waals surface area contributed by atoms with Gasteiger partial charge in [0.05, 0.1) is 5.56 Å². The summed E-state index contributed by atoms with van der Waals surface area (Å²) in [6, 6.07) is 12.3. The Labute approximate surface area is 151 Å². The molecule has 0 aliphatic rings. The van der Waals surface area contributed by atoms with Gasteiger partial charge in [-0.15, -0.1) is 0 Å². The number of aryl methyl sites for hydroxylation is 1. The van der Waals surface area contributed by atoms with Crippen molar-refractivity contribution in [3.8, 4) is 5.75 Å². The number of ether oxygens (including phenoxy) is 1. The highest BCUT2D eigenvalue weighted by Gasteiger charge is 2.12. The van der Waals surface area contributed by atoms with Crippen molar-refractivity contribution in [1.82, 2.24) is 0 Å². The summed E-state index contributed by atoms with van der Waals surface area (Å²) in [6.07, 6.45) is 3.70. The third-order valence-corrected chi connectivity index (χ3v) is 4.43. The highest BCUT2D eigenvalue weighted by molar-refractivity contribution is 5.83. The van der Waals surface area contributed by atoms with E-state index in [2.05, 4.69) is 6.92 Å². The number of unbranched alkanes of at least 4 members (excludes halogenated alkanes) is 2. The van der Waals surface area contributed by atoms with Gasteiger partial charge in [0.25, 0.3) is 0 Å². The second kappa shape index (κ2) is 8.26. The average molecular weight is 358 g/mol. The summed E-state index contributed by atoms with van der Waals surface area (Å²) >= 11 is 0. The molecule has 0 aliphatic heterocycles. The van der Waals surface area contributed by atoms with E-state index < -0.39 is 11.6 Å². The summed E-state index contributed by atoms with van der Waals surface area (Å²) in [6.45, 7) is 1.89. The molecule has 0 aliphatic carbocycles. The lowest BCUT2D eigenvalue weighted by Gasteiger charge is -2.11. The van der Waals surface area contributed by atoms with E-state index in [4.69, 9.17) is 4.74 Å². The minimum absolute atomic E-state index is 0.0801. The van der Waals surface area contributed by atoms with Crippen molar-refractivity contribution >= 4 is 10.8 Å². The molecule has 0 saturated carbocycles. The monoisotopic (exact) mass is 358 g/mol. The van der Waals surface area contributed by atoms with E-state index in [9.17, 15) is 13.2 Å². The van der Waals surface area contributed by atoms with Gasteiger partial charge in [0.2, 0.25) is 0 Å². The molecule has 0 atom stereocenters. The fourth-order valence-electron chi connectivity index (χ4n) is 2.96. The molecule has 3 rings (SSSR count). The second-order valence-corrected chi connectivity index (χ2v) is 6.44. The van der Waals surface area contributed by atoms with Crippen LogP contribution in [0.4, 0.5) is 13.2 Å². The van der Waals surface area contributed by atoms with Gasteiger partial charge < -0.3 is 4.74 Å². The molecule has 0 fully saturated rings. The van der Waals surface area contributed by atoms with Crippen molar-refractivity contribution in [2.75, 3.05) is 0 Å². The third kappa shape index (κ3) is 4.37. The van der Waals surface area contributed by atoms with Crippen LogP contribution in [0, 0.1) is 17.5 Å². The Bertz CT molecular complexity index is 882. The van der Waals surface area contributed by atoms with Crippen LogP contribution >= 0.6 is 0 Å². The number of halogens is 3. The van der Waals surface area contributed by atoms with Crippen LogP contribution in [0.1, 0.15) is 37.3 Å². The maximum atomic E-state index is 14.3. The molecule has 3 aromatic carbocycles. The number of hydrogen-bond acceptors (Lipinski definition) is 1. The first-order valence-corrected chi connectivity index (χ1v) is 8.85. The third-order valence-electron chi connectivity index (χ3n) is 4.43. The minimum atomic E-state index is -0.584. The van der Waals surface area contributed by atoms with Crippen LogP contribution < -0.4 is 4.74 Å². The maximum absolute atomic E-state index is 14.3. The molecule has 0 spiro atoms. The minimum Gasteiger partial charge on any atom is -0.489 e. The highest BCUT2D eigenvalue weighted by Crippen LogP contribution is 2.24. The van der Waals surface area contributed by atoms with Crippen molar-refractivity contribution in [2.24, 2.45) is 0 Å². The van der Waals surface area contributed by atoms with Crippen LogP contribution in [0.2, 0.25) is 0 Å². The zero-order chi connectivity index (χ0) is 18.5. The number of benzene rings is 3.